The molecule has 2 amide bonds. The first-order valence-corrected chi connectivity index (χ1v) is 8.15. The predicted octanol–water partition coefficient (Wildman–Crippen LogP) is 2.61. The van der Waals surface area contributed by atoms with Crippen molar-refractivity contribution in [2.75, 3.05) is 4.90 Å². The lowest BCUT2D eigenvalue weighted by molar-refractivity contribution is -0.130. The number of thiocarbonyl (C=S) groups is 1. The molecule has 1 aromatic heterocycles. The minimum atomic E-state index is -1.06. The van der Waals surface area contributed by atoms with Gasteiger partial charge in [0.05, 0.1) is 17.6 Å². The first kappa shape index (κ1) is 16.4. The summed E-state index contributed by atoms with van der Waals surface area (Å²) in [5.74, 6) is -2.00. The summed E-state index contributed by atoms with van der Waals surface area (Å²) >= 11 is 8.47. The van der Waals surface area contributed by atoms with E-state index >= 15 is 0 Å². The first-order valence-electron chi connectivity index (χ1n) is 6.95. The molecule has 1 aromatic carbocycles. The van der Waals surface area contributed by atoms with Gasteiger partial charge in [0.2, 0.25) is 5.91 Å². The Labute approximate surface area is 151 Å². The number of hydrogen-bond donors (Lipinski definition) is 1. The van der Waals surface area contributed by atoms with Crippen molar-refractivity contribution in [3.05, 3.63) is 53.3 Å². The van der Waals surface area contributed by atoms with Gasteiger partial charge in [0, 0.05) is 16.9 Å². The van der Waals surface area contributed by atoms with Crippen molar-refractivity contribution in [3.8, 4) is 0 Å². The number of halogens is 1. The molecule has 0 aliphatic carbocycles. The van der Waals surface area contributed by atoms with E-state index in [4.69, 9.17) is 12.2 Å². The van der Waals surface area contributed by atoms with Crippen molar-refractivity contribution in [3.63, 3.8) is 0 Å². The summed E-state index contributed by atoms with van der Waals surface area (Å²) in [5, 5.41) is 2.59. The van der Waals surface area contributed by atoms with Crippen LogP contribution in [0.1, 0.15) is 0 Å². The Morgan fingerprint density at radius 1 is 1.25 bits per heavy atom. The lowest BCUT2D eigenvalue weighted by atomic mass is 10.1. The van der Waals surface area contributed by atoms with Gasteiger partial charge in [0.15, 0.2) is 11.0 Å². The molecule has 2 heterocycles. The molecule has 1 N–H and O–H groups in total. The van der Waals surface area contributed by atoms with Crippen LogP contribution < -0.4 is 10.2 Å². The lowest BCUT2D eigenvalue weighted by Gasteiger charge is -2.30. The van der Waals surface area contributed by atoms with Crippen molar-refractivity contribution in [2.24, 2.45) is 10.9 Å². The van der Waals surface area contributed by atoms with Gasteiger partial charge in [-0.2, -0.15) is 0 Å². The summed E-state index contributed by atoms with van der Waals surface area (Å²) < 4.78 is 0.875. The van der Waals surface area contributed by atoms with Gasteiger partial charge in [-0.05, 0) is 48.6 Å². The number of anilines is 1. The number of rotatable bonds is 3. The molecule has 3 rings (SSSR count). The third kappa shape index (κ3) is 3.39. The second-order valence-electron chi connectivity index (χ2n) is 4.91. The van der Waals surface area contributed by atoms with Gasteiger partial charge in [0.1, 0.15) is 0 Å². The number of aliphatic imine (C=N–C) groups is 1. The summed E-state index contributed by atoms with van der Waals surface area (Å²) in [6.07, 6.45) is 4.46. The molecule has 1 aliphatic heterocycles. The Balaban J connectivity index is 1.88. The van der Waals surface area contributed by atoms with Gasteiger partial charge in [0.25, 0.3) is 5.91 Å². The Morgan fingerprint density at radius 2 is 2.00 bits per heavy atom. The average Bonchev–Trinajstić information content (AvgIpc) is 2.57. The van der Waals surface area contributed by atoms with Crippen LogP contribution in [0.5, 0.6) is 0 Å². The van der Waals surface area contributed by atoms with E-state index in [1.165, 1.54) is 11.1 Å². The highest BCUT2D eigenvalue weighted by Gasteiger charge is 2.38. The average molecular weight is 403 g/mol. The highest BCUT2D eigenvalue weighted by molar-refractivity contribution is 9.10. The molecule has 0 spiro atoms. The summed E-state index contributed by atoms with van der Waals surface area (Å²) in [6, 6.07) is 10.5. The van der Waals surface area contributed by atoms with E-state index in [0.29, 0.717) is 11.4 Å². The summed E-state index contributed by atoms with van der Waals surface area (Å²) in [5.41, 5.74) is 1.13. The fourth-order valence-electron chi connectivity index (χ4n) is 2.15. The first-order chi connectivity index (χ1) is 11.6. The predicted molar refractivity (Wildman–Crippen MR) is 98.2 cm³/mol. The van der Waals surface area contributed by atoms with Crippen molar-refractivity contribution in [2.45, 2.75) is 0 Å². The number of amides is 2. The Kier molecular flexibility index (Phi) is 4.77. The number of benzene rings is 1. The molecular formula is C16H11BrN4O2S. The van der Waals surface area contributed by atoms with E-state index < -0.39 is 17.7 Å². The zero-order valence-electron chi connectivity index (χ0n) is 12.2. The molecule has 1 atom stereocenters. The van der Waals surface area contributed by atoms with Crippen molar-refractivity contribution in [1.29, 1.82) is 0 Å². The fourth-order valence-corrected chi connectivity index (χ4v) is 2.71. The van der Waals surface area contributed by atoms with Crippen molar-refractivity contribution < 1.29 is 9.59 Å². The minimum absolute atomic E-state index is 0.0540. The number of carbonyl (C=O) groups excluding carboxylic acids is 2. The normalized spacial score (nSPS) is 18.1. The third-order valence-corrected chi connectivity index (χ3v) is 4.12. The van der Waals surface area contributed by atoms with Crippen molar-refractivity contribution in [1.82, 2.24) is 10.3 Å². The minimum Gasteiger partial charge on any atom is -0.301 e. The molecule has 1 aliphatic rings. The van der Waals surface area contributed by atoms with Crippen LogP contribution in [0.25, 0.3) is 0 Å². The van der Waals surface area contributed by atoms with Crippen LogP contribution in [0.3, 0.4) is 0 Å². The number of hydrogen-bond acceptors (Lipinski definition) is 5. The number of nitrogens with one attached hydrogen (secondary N) is 1. The van der Waals surface area contributed by atoms with E-state index in [2.05, 4.69) is 31.2 Å². The Hall–Kier alpha value is -2.45. The molecule has 0 radical (unpaired) electrons. The molecule has 1 saturated heterocycles. The Morgan fingerprint density at radius 3 is 2.67 bits per heavy atom. The van der Waals surface area contributed by atoms with E-state index in [0.717, 1.165) is 4.47 Å². The molecule has 6 nitrogen and oxygen atoms in total. The molecule has 8 heteroatoms. The lowest BCUT2D eigenvalue weighted by Crippen LogP contribution is -2.58. The standard InChI is InChI=1S/C16H11BrN4O2S/c17-10-3-5-12(6-4-10)21-15(23)13(14(22)20-16(21)24)9-19-11-2-1-7-18-8-11/h1-9,13H,(H,20,22,24)/t13-/m0/s1. The molecular weight excluding hydrogens is 392 g/mol. The maximum Gasteiger partial charge on any atom is 0.251 e. The van der Waals surface area contributed by atoms with Gasteiger partial charge < -0.3 is 5.32 Å². The second-order valence-corrected chi connectivity index (χ2v) is 6.21. The quantitative estimate of drug-likeness (QED) is 0.486. The topological polar surface area (TPSA) is 74.7 Å². The molecule has 1 fully saturated rings. The van der Waals surface area contributed by atoms with E-state index in [1.54, 1.807) is 48.8 Å². The van der Waals surface area contributed by atoms with Gasteiger partial charge in [-0.1, -0.05) is 15.9 Å². The third-order valence-electron chi connectivity index (χ3n) is 3.31. The summed E-state index contributed by atoms with van der Waals surface area (Å²) in [4.78, 5) is 34.2. The number of nitrogens with zero attached hydrogens (tertiary/aromatic N) is 3. The number of carbonyl (C=O) groups is 2. The van der Waals surface area contributed by atoms with Crippen molar-refractivity contribution >= 4 is 62.7 Å². The van der Waals surface area contributed by atoms with Crippen LogP contribution in [0.15, 0.2) is 58.3 Å². The number of aromatic nitrogens is 1. The fraction of sp³-hybridized carbons (Fsp3) is 0.0625. The van der Waals surface area contributed by atoms with Crippen LogP contribution >= 0.6 is 28.1 Å². The summed E-state index contributed by atoms with van der Waals surface area (Å²) in [7, 11) is 0. The van der Waals surface area contributed by atoms with Gasteiger partial charge in [-0.15, -0.1) is 0 Å². The van der Waals surface area contributed by atoms with Gasteiger partial charge in [-0.25, -0.2) is 0 Å². The molecule has 2 aromatic rings. The zero-order chi connectivity index (χ0) is 17.1. The monoisotopic (exact) mass is 402 g/mol. The van der Waals surface area contributed by atoms with Crippen LogP contribution in [-0.2, 0) is 9.59 Å². The van der Waals surface area contributed by atoms with E-state index in [-0.39, 0.29) is 5.11 Å². The van der Waals surface area contributed by atoms with Crippen LogP contribution in [-0.4, -0.2) is 28.1 Å². The smallest absolute Gasteiger partial charge is 0.251 e. The molecule has 120 valence electrons. The molecule has 0 bridgehead atoms. The Bertz CT molecular complexity index is 824. The van der Waals surface area contributed by atoms with E-state index in [1.807, 2.05) is 0 Å². The SMILES string of the molecule is O=C1NC(=S)N(c2ccc(Br)cc2)C(=O)[C@H]1C=Nc1cccnc1. The molecule has 0 unspecified atom stereocenters. The largest absolute Gasteiger partial charge is 0.301 e. The van der Waals surface area contributed by atoms with Crippen LogP contribution in [0, 0.1) is 5.92 Å². The highest BCUT2D eigenvalue weighted by Crippen LogP contribution is 2.23. The maximum atomic E-state index is 12.7. The van der Waals surface area contributed by atoms with E-state index in [9.17, 15) is 9.59 Å². The van der Waals surface area contributed by atoms with Crippen LogP contribution in [0.2, 0.25) is 0 Å². The van der Waals surface area contributed by atoms with Gasteiger partial charge in [-0.3, -0.25) is 24.5 Å². The van der Waals surface area contributed by atoms with Crippen LogP contribution in [0.4, 0.5) is 11.4 Å². The maximum absolute atomic E-state index is 12.7. The summed E-state index contributed by atoms with van der Waals surface area (Å²) in [6.45, 7) is 0. The second kappa shape index (κ2) is 6.98. The van der Waals surface area contributed by atoms with Gasteiger partial charge >= 0.3 is 0 Å². The highest BCUT2D eigenvalue weighted by atomic mass is 79.9. The molecule has 24 heavy (non-hydrogen) atoms. The molecule has 0 saturated carbocycles. The number of pyridine rings is 1. The zero-order valence-corrected chi connectivity index (χ0v) is 14.6.